The van der Waals surface area contributed by atoms with Crippen molar-refractivity contribution in [3.8, 4) is 11.5 Å². The van der Waals surface area contributed by atoms with Gasteiger partial charge in [0.1, 0.15) is 29.7 Å². The Morgan fingerprint density at radius 1 is 1.12 bits per heavy atom. The number of carbonyl (C=O) groups excluding carboxylic acids is 2. The fourth-order valence-electron chi connectivity index (χ4n) is 4.91. The van der Waals surface area contributed by atoms with Crippen molar-refractivity contribution in [3.05, 3.63) is 71.8 Å². The highest BCUT2D eigenvalue weighted by atomic mass is 16.5. The van der Waals surface area contributed by atoms with Crippen molar-refractivity contribution < 1.29 is 24.2 Å². The Hall–Kier alpha value is -3.58. The molecular weight excluding hydrogens is 420 g/mol. The van der Waals surface area contributed by atoms with Crippen LogP contribution in [0.5, 0.6) is 11.5 Å². The van der Waals surface area contributed by atoms with Gasteiger partial charge < -0.3 is 19.9 Å². The molecule has 3 aromatic carbocycles. The number of carbonyl (C=O) groups is 2. The molecule has 7 heteroatoms. The number of fused-ring (bicyclic) bond motifs is 3. The minimum atomic E-state index is -1.09. The van der Waals surface area contributed by atoms with E-state index in [4.69, 9.17) is 9.47 Å². The number of nitrogens with zero attached hydrogens (tertiary/aromatic N) is 1. The van der Waals surface area contributed by atoms with E-state index >= 15 is 0 Å². The van der Waals surface area contributed by atoms with Gasteiger partial charge in [0.15, 0.2) is 0 Å². The van der Waals surface area contributed by atoms with Gasteiger partial charge in [-0.1, -0.05) is 42.5 Å². The summed E-state index contributed by atoms with van der Waals surface area (Å²) >= 11 is 0. The molecule has 3 aromatic rings. The van der Waals surface area contributed by atoms with E-state index in [1.807, 2.05) is 54.6 Å². The number of β-amino-alcohol motifs (C(OH)–C–C–N with tert-alkyl or cyclic N) is 1. The first-order valence-corrected chi connectivity index (χ1v) is 11.1. The number of ether oxygens (including phenoxy) is 2. The highest BCUT2D eigenvalue weighted by molar-refractivity contribution is 6.07. The van der Waals surface area contributed by atoms with E-state index in [9.17, 15) is 14.7 Å². The van der Waals surface area contributed by atoms with Crippen molar-refractivity contribution in [2.45, 2.75) is 30.9 Å². The Kier molecular flexibility index (Phi) is 5.42. The quantitative estimate of drug-likeness (QED) is 0.567. The van der Waals surface area contributed by atoms with Gasteiger partial charge in [0.05, 0.1) is 13.7 Å². The molecule has 2 aliphatic rings. The second kappa shape index (κ2) is 8.41. The van der Waals surface area contributed by atoms with E-state index in [-0.39, 0.29) is 19.1 Å². The number of rotatable bonds is 6. The molecule has 0 unspecified atom stereocenters. The number of hydrogen-bond acceptors (Lipinski definition) is 5. The highest BCUT2D eigenvalue weighted by Crippen LogP contribution is 2.41. The van der Waals surface area contributed by atoms with Crippen molar-refractivity contribution in [2.24, 2.45) is 0 Å². The number of aryl methyl sites for hydroxylation is 1. The van der Waals surface area contributed by atoms with Crippen LogP contribution >= 0.6 is 0 Å². The second-order valence-corrected chi connectivity index (χ2v) is 8.57. The SMILES string of the molecule is COc1ccc2c(c1)CCC[C@]21NC(=O)N(C[C@@H](O)COc2cccc3ccccc23)C1=O. The van der Waals surface area contributed by atoms with Gasteiger partial charge in [-0.3, -0.25) is 9.69 Å². The summed E-state index contributed by atoms with van der Waals surface area (Å²) in [7, 11) is 1.60. The molecule has 0 bridgehead atoms. The van der Waals surface area contributed by atoms with Gasteiger partial charge >= 0.3 is 6.03 Å². The smallest absolute Gasteiger partial charge is 0.325 e. The number of urea groups is 1. The molecule has 1 fully saturated rings. The summed E-state index contributed by atoms with van der Waals surface area (Å²) in [6, 6.07) is 18.6. The van der Waals surface area contributed by atoms with Crippen LogP contribution in [0.15, 0.2) is 60.7 Å². The van der Waals surface area contributed by atoms with E-state index in [1.54, 1.807) is 13.2 Å². The van der Waals surface area contributed by atoms with Crippen LogP contribution < -0.4 is 14.8 Å². The van der Waals surface area contributed by atoms with E-state index in [0.717, 1.165) is 45.4 Å². The molecule has 2 N–H and O–H groups in total. The predicted molar refractivity (Wildman–Crippen MR) is 123 cm³/mol. The maximum absolute atomic E-state index is 13.5. The third kappa shape index (κ3) is 3.68. The molecule has 2 atom stereocenters. The third-order valence-corrected chi connectivity index (χ3v) is 6.52. The van der Waals surface area contributed by atoms with Gasteiger partial charge in [0.25, 0.3) is 5.91 Å². The molecule has 33 heavy (non-hydrogen) atoms. The Morgan fingerprint density at radius 2 is 1.94 bits per heavy atom. The Bertz CT molecular complexity index is 1220. The zero-order valence-electron chi connectivity index (χ0n) is 18.4. The average molecular weight is 447 g/mol. The molecule has 0 aromatic heterocycles. The van der Waals surface area contributed by atoms with Gasteiger partial charge in [0.2, 0.25) is 0 Å². The summed E-state index contributed by atoms with van der Waals surface area (Å²) in [4.78, 5) is 27.4. The number of aliphatic hydroxyl groups excluding tert-OH is 1. The van der Waals surface area contributed by atoms with Crippen molar-refractivity contribution >= 4 is 22.7 Å². The lowest BCUT2D eigenvalue weighted by Crippen LogP contribution is -2.47. The number of nitrogens with one attached hydrogen (secondary N) is 1. The number of methoxy groups -OCH3 is 1. The third-order valence-electron chi connectivity index (χ3n) is 6.52. The molecule has 0 radical (unpaired) electrons. The van der Waals surface area contributed by atoms with E-state index in [1.165, 1.54) is 0 Å². The summed E-state index contributed by atoms with van der Waals surface area (Å²) in [5.41, 5.74) is 0.709. The number of benzene rings is 3. The van der Waals surface area contributed by atoms with E-state index in [0.29, 0.717) is 12.2 Å². The Balaban J connectivity index is 1.31. The number of imide groups is 1. The van der Waals surface area contributed by atoms with Crippen molar-refractivity contribution in [1.29, 1.82) is 0 Å². The molecule has 1 saturated heterocycles. The zero-order valence-corrected chi connectivity index (χ0v) is 18.4. The molecule has 170 valence electrons. The summed E-state index contributed by atoms with van der Waals surface area (Å²) in [6.07, 6.45) is 1.09. The van der Waals surface area contributed by atoms with Gasteiger partial charge in [-0.05, 0) is 54.0 Å². The van der Waals surface area contributed by atoms with Crippen molar-refractivity contribution in [2.75, 3.05) is 20.3 Å². The molecule has 1 aliphatic heterocycles. The predicted octanol–water partition coefficient (Wildman–Crippen LogP) is 3.37. The number of hydrogen-bond donors (Lipinski definition) is 2. The molecule has 1 heterocycles. The molecular formula is C26H26N2O5. The van der Waals surface area contributed by atoms with Crippen LogP contribution in [0, 0.1) is 0 Å². The molecule has 1 aliphatic carbocycles. The minimum absolute atomic E-state index is 0.0359. The first-order chi connectivity index (χ1) is 16.0. The van der Waals surface area contributed by atoms with Crippen LogP contribution in [0.1, 0.15) is 24.0 Å². The first-order valence-electron chi connectivity index (χ1n) is 11.1. The Labute approximate surface area is 191 Å². The van der Waals surface area contributed by atoms with E-state index < -0.39 is 17.7 Å². The lowest BCUT2D eigenvalue weighted by atomic mass is 9.76. The lowest BCUT2D eigenvalue weighted by Gasteiger charge is -2.33. The summed E-state index contributed by atoms with van der Waals surface area (Å²) < 4.78 is 11.2. The molecule has 0 saturated carbocycles. The average Bonchev–Trinajstić information content (AvgIpc) is 3.07. The molecule has 1 spiro atoms. The van der Waals surface area contributed by atoms with Crippen molar-refractivity contribution in [1.82, 2.24) is 10.2 Å². The monoisotopic (exact) mass is 446 g/mol. The lowest BCUT2D eigenvalue weighted by molar-refractivity contribution is -0.133. The molecule has 5 rings (SSSR count). The van der Waals surface area contributed by atoms with Crippen LogP contribution in [0.25, 0.3) is 10.8 Å². The van der Waals surface area contributed by atoms with Gasteiger partial charge in [-0.2, -0.15) is 0 Å². The van der Waals surface area contributed by atoms with Gasteiger partial charge in [-0.25, -0.2) is 4.79 Å². The summed E-state index contributed by atoms with van der Waals surface area (Å²) in [6.45, 7) is -0.172. The van der Waals surface area contributed by atoms with Crippen molar-refractivity contribution in [3.63, 3.8) is 0 Å². The van der Waals surface area contributed by atoms with Crippen LogP contribution in [0.4, 0.5) is 4.79 Å². The van der Waals surface area contributed by atoms with Crippen LogP contribution in [-0.2, 0) is 16.8 Å². The number of aliphatic hydroxyl groups is 1. The summed E-state index contributed by atoms with van der Waals surface area (Å²) in [5.74, 6) is 1.04. The standard InChI is InChI=1S/C26H26N2O5/c1-32-20-11-12-22-18(14-20)8-5-13-26(22)24(30)28(25(31)27-26)15-19(29)16-33-23-10-4-7-17-6-2-3-9-21(17)23/h2-4,6-7,9-12,14,19,29H,5,8,13,15-16H2,1H3,(H,27,31)/t19-,26+/m1/s1. The fraction of sp³-hybridized carbons (Fsp3) is 0.308. The fourth-order valence-corrected chi connectivity index (χ4v) is 4.91. The second-order valence-electron chi connectivity index (χ2n) is 8.57. The number of amides is 3. The van der Waals surface area contributed by atoms with Crippen LogP contribution in [0.2, 0.25) is 0 Å². The van der Waals surface area contributed by atoms with Crippen LogP contribution in [-0.4, -0.2) is 48.3 Å². The van der Waals surface area contributed by atoms with Gasteiger partial charge in [-0.15, -0.1) is 0 Å². The summed E-state index contributed by atoms with van der Waals surface area (Å²) in [5, 5.41) is 15.5. The maximum atomic E-state index is 13.5. The highest BCUT2D eigenvalue weighted by Gasteiger charge is 2.54. The molecule has 3 amide bonds. The topological polar surface area (TPSA) is 88.1 Å². The first kappa shape index (κ1) is 21.3. The minimum Gasteiger partial charge on any atom is -0.497 e. The van der Waals surface area contributed by atoms with E-state index in [2.05, 4.69) is 5.32 Å². The normalized spacial score (nSPS) is 20.6. The molecule has 7 nitrogen and oxygen atoms in total. The van der Waals surface area contributed by atoms with Crippen LogP contribution in [0.3, 0.4) is 0 Å². The maximum Gasteiger partial charge on any atom is 0.325 e. The van der Waals surface area contributed by atoms with Gasteiger partial charge in [0, 0.05) is 5.39 Å². The zero-order chi connectivity index (χ0) is 23.0. The largest absolute Gasteiger partial charge is 0.497 e. The Morgan fingerprint density at radius 3 is 2.79 bits per heavy atom.